The fraction of sp³-hybridized carbons (Fsp3) is 0.455. The predicted molar refractivity (Wildman–Crippen MR) is 129 cm³/mol. The van der Waals surface area contributed by atoms with E-state index in [1.807, 2.05) is 23.1 Å². The fourth-order valence-corrected chi connectivity index (χ4v) is 6.59. The molecule has 1 aliphatic rings. The average molecular weight is 491 g/mol. The molecule has 1 atom stereocenters. The molecule has 0 aromatic carbocycles. The van der Waals surface area contributed by atoms with Gasteiger partial charge in [0, 0.05) is 23.2 Å². The van der Waals surface area contributed by atoms with Gasteiger partial charge < -0.3 is 14.6 Å². The Balaban J connectivity index is 1.43. The number of nitrogens with one attached hydrogen (secondary N) is 1. The number of carbonyl (C=O) groups is 2. The van der Waals surface area contributed by atoms with Crippen molar-refractivity contribution in [2.24, 2.45) is 13.0 Å². The van der Waals surface area contributed by atoms with Gasteiger partial charge in [-0.2, -0.15) is 0 Å². The highest BCUT2D eigenvalue weighted by molar-refractivity contribution is 7.99. The van der Waals surface area contributed by atoms with E-state index in [4.69, 9.17) is 4.74 Å². The molecule has 1 unspecified atom stereocenters. The van der Waals surface area contributed by atoms with E-state index < -0.39 is 0 Å². The van der Waals surface area contributed by atoms with Crippen molar-refractivity contribution in [1.29, 1.82) is 0 Å². The molecule has 0 radical (unpaired) electrons. The van der Waals surface area contributed by atoms with E-state index in [0.717, 1.165) is 37.1 Å². The number of nitrogens with zero attached hydrogens (tertiary/aromatic N) is 3. The molecule has 4 rings (SSSR count). The molecule has 0 saturated heterocycles. The molecule has 3 aromatic heterocycles. The maximum absolute atomic E-state index is 12.7. The molecule has 0 aliphatic heterocycles. The lowest BCUT2D eigenvalue weighted by atomic mass is 9.88. The number of esters is 1. The Morgan fingerprint density at radius 2 is 2.22 bits per heavy atom. The molecule has 1 amide bonds. The van der Waals surface area contributed by atoms with Gasteiger partial charge in [0.2, 0.25) is 5.91 Å². The molecule has 10 heteroatoms. The number of anilines is 1. The van der Waals surface area contributed by atoms with Crippen LogP contribution in [0.25, 0.3) is 0 Å². The third kappa shape index (κ3) is 5.07. The highest BCUT2D eigenvalue weighted by Gasteiger charge is 2.29. The first-order valence-electron chi connectivity index (χ1n) is 10.6. The number of thiophene rings is 2. The van der Waals surface area contributed by atoms with Crippen LogP contribution >= 0.6 is 34.4 Å². The molecule has 0 saturated carbocycles. The summed E-state index contributed by atoms with van der Waals surface area (Å²) in [6.07, 6.45) is 3.54. The number of rotatable bonds is 8. The van der Waals surface area contributed by atoms with Gasteiger partial charge in [-0.15, -0.1) is 32.9 Å². The van der Waals surface area contributed by atoms with Gasteiger partial charge in [-0.25, -0.2) is 4.79 Å². The summed E-state index contributed by atoms with van der Waals surface area (Å²) in [4.78, 5) is 27.8. The number of amides is 1. The van der Waals surface area contributed by atoms with Crippen LogP contribution in [-0.4, -0.2) is 39.0 Å². The van der Waals surface area contributed by atoms with E-state index in [2.05, 4.69) is 28.5 Å². The van der Waals surface area contributed by atoms with Crippen LogP contribution in [0, 0.1) is 5.92 Å². The second-order valence-electron chi connectivity index (χ2n) is 7.83. The molecular weight excluding hydrogens is 464 g/mol. The molecular formula is C22H26N4O3S3. The van der Waals surface area contributed by atoms with Crippen molar-refractivity contribution in [3.8, 4) is 0 Å². The van der Waals surface area contributed by atoms with Crippen LogP contribution < -0.4 is 5.32 Å². The molecule has 32 heavy (non-hydrogen) atoms. The van der Waals surface area contributed by atoms with Crippen molar-refractivity contribution >= 4 is 51.3 Å². The molecule has 3 aromatic rings. The summed E-state index contributed by atoms with van der Waals surface area (Å²) in [5.74, 6) is 1.10. The van der Waals surface area contributed by atoms with Gasteiger partial charge in [0.15, 0.2) is 5.16 Å². The Hall–Kier alpha value is -2.17. The van der Waals surface area contributed by atoms with E-state index >= 15 is 0 Å². The molecule has 0 bridgehead atoms. The largest absolute Gasteiger partial charge is 0.462 e. The molecule has 0 fully saturated rings. The first-order chi connectivity index (χ1) is 15.5. The SMILES string of the molecule is CCOC(=O)c1c(NC(=O)CSc2nnc(Cc3cccs3)n2C)sc2c1CCC(C)C2. The first kappa shape index (κ1) is 23.0. The van der Waals surface area contributed by atoms with Crippen LogP contribution in [0.15, 0.2) is 22.7 Å². The lowest BCUT2D eigenvalue weighted by Crippen LogP contribution is -2.18. The third-order valence-corrected chi connectivity index (χ3v) is 8.48. The van der Waals surface area contributed by atoms with Gasteiger partial charge in [-0.1, -0.05) is 24.8 Å². The Morgan fingerprint density at radius 1 is 1.38 bits per heavy atom. The van der Waals surface area contributed by atoms with Gasteiger partial charge in [-0.3, -0.25) is 4.79 Å². The summed E-state index contributed by atoms with van der Waals surface area (Å²) >= 11 is 4.53. The average Bonchev–Trinajstić information content (AvgIpc) is 3.47. The van der Waals surface area contributed by atoms with Crippen LogP contribution in [0.4, 0.5) is 5.00 Å². The normalized spacial score (nSPS) is 15.4. The van der Waals surface area contributed by atoms with Crippen LogP contribution in [0.5, 0.6) is 0 Å². The zero-order chi connectivity index (χ0) is 22.7. The second kappa shape index (κ2) is 10.2. The van der Waals surface area contributed by atoms with Crippen LogP contribution in [0.3, 0.4) is 0 Å². The zero-order valence-corrected chi connectivity index (χ0v) is 20.8. The second-order valence-corrected chi connectivity index (χ2v) is 10.9. The lowest BCUT2D eigenvalue weighted by molar-refractivity contribution is -0.113. The first-order valence-corrected chi connectivity index (χ1v) is 13.3. The van der Waals surface area contributed by atoms with Gasteiger partial charge in [0.25, 0.3) is 0 Å². The Labute approximate surface area is 199 Å². The Morgan fingerprint density at radius 3 is 2.97 bits per heavy atom. The fourth-order valence-electron chi connectivity index (χ4n) is 3.74. The third-order valence-electron chi connectivity index (χ3n) is 5.41. The van der Waals surface area contributed by atoms with Crippen molar-refractivity contribution in [3.63, 3.8) is 0 Å². The highest BCUT2D eigenvalue weighted by Crippen LogP contribution is 2.40. The molecule has 170 valence electrons. The number of thioether (sulfide) groups is 1. The van der Waals surface area contributed by atoms with Gasteiger partial charge in [-0.05, 0) is 49.1 Å². The van der Waals surface area contributed by atoms with Gasteiger partial charge >= 0.3 is 5.97 Å². The standard InChI is InChI=1S/C22H26N4O3S3/c1-4-29-21(28)19-15-8-7-13(2)10-16(15)32-20(19)23-18(27)12-31-22-25-24-17(26(22)3)11-14-6-5-9-30-14/h5-6,9,13H,4,7-8,10-12H2,1-3H3,(H,23,27). The molecule has 7 nitrogen and oxygen atoms in total. The number of carbonyl (C=O) groups excluding carboxylic acids is 2. The maximum atomic E-state index is 12.7. The van der Waals surface area contributed by atoms with Crippen LogP contribution in [0.1, 0.15) is 51.8 Å². The molecule has 3 heterocycles. The Bertz CT molecular complexity index is 1100. The highest BCUT2D eigenvalue weighted by atomic mass is 32.2. The summed E-state index contributed by atoms with van der Waals surface area (Å²) < 4.78 is 7.21. The zero-order valence-electron chi connectivity index (χ0n) is 18.3. The minimum absolute atomic E-state index is 0.171. The smallest absolute Gasteiger partial charge is 0.341 e. The Kier molecular flexibility index (Phi) is 7.32. The minimum Gasteiger partial charge on any atom is -0.462 e. The summed E-state index contributed by atoms with van der Waals surface area (Å²) in [6.45, 7) is 4.32. The van der Waals surface area contributed by atoms with Crippen molar-refractivity contribution in [1.82, 2.24) is 14.8 Å². The summed E-state index contributed by atoms with van der Waals surface area (Å²) in [5, 5.41) is 14.8. The van der Waals surface area contributed by atoms with E-state index in [-0.39, 0.29) is 17.6 Å². The van der Waals surface area contributed by atoms with Crippen LogP contribution in [-0.2, 0) is 35.8 Å². The van der Waals surface area contributed by atoms with E-state index in [9.17, 15) is 9.59 Å². The lowest BCUT2D eigenvalue weighted by Gasteiger charge is -2.18. The number of ether oxygens (including phenoxy) is 1. The van der Waals surface area contributed by atoms with Crippen molar-refractivity contribution in [2.75, 3.05) is 17.7 Å². The maximum Gasteiger partial charge on any atom is 0.341 e. The van der Waals surface area contributed by atoms with Crippen molar-refractivity contribution in [2.45, 2.75) is 44.7 Å². The summed E-state index contributed by atoms with van der Waals surface area (Å²) in [7, 11) is 1.91. The minimum atomic E-state index is -0.353. The van der Waals surface area contributed by atoms with Crippen molar-refractivity contribution < 1.29 is 14.3 Å². The van der Waals surface area contributed by atoms with E-state index in [1.165, 1.54) is 32.9 Å². The molecule has 0 spiro atoms. The van der Waals surface area contributed by atoms with E-state index in [0.29, 0.717) is 28.2 Å². The van der Waals surface area contributed by atoms with Crippen LogP contribution in [0.2, 0.25) is 0 Å². The number of hydrogen-bond acceptors (Lipinski definition) is 8. The summed E-state index contributed by atoms with van der Waals surface area (Å²) in [6, 6.07) is 4.09. The monoisotopic (exact) mass is 490 g/mol. The number of hydrogen-bond donors (Lipinski definition) is 1. The van der Waals surface area contributed by atoms with Gasteiger partial charge in [0.1, 0.15) is 10.8 Å². The summed E-state index contributed by atoms with van der Waals surface area (Å²) in [5.41, 5.74) is 1.58. The quantitative estimate of drug-likeness (QED) is 0.368. The molecule has 1 N–H and O–H groups in total. The van der Waals surface area contributed by atoms with E-state index in [1.54, 1.807) is 18.3 Å². The van der Waals surface area contributed by atoms with Crippen molar-refractivity contribution in [3.05, 3.63) is 44.2 Å². The number of fused-ring (bicyclic) bond motifs is 1. The topological polar surface area (TPSA) is 86.1 Å². The van der Waals surface area contributed by atoms with Gasteiger partial charge in [0.05, 0.1) is 17.9 Å². The predicted octanol–water partition coefficient (Wildman–Crippen LogP) is 4.56. The molecule has 1 aliphatic carbocycles. The number of aromatic nitrogens is 3.